The number of benzene rings is 2. The van der Waals surface area contributed by atoms with Gasteiger partial charge in [-0.1, -0.05) is 44.2 Å². The van der Waals surface area contributed by atoms with Crippen molar-refractivity contribution in [2.45, 2.75) is 31.2 Å². The average molecular weight is 378 g/mol. The highest BCUT2D eigenvalue weighted by Crippen LogP contribution is 2.12. The van der Waals surface area contributed by atoms with E-state index in [1.807, 2.05) is 44.2 Å². The second-order valence-corrected chi connectivity index (χ2v) is 8.17. The molecule has 0 unspecified atom stereocenters. The maximum Gasteiger partial charge on any atom is 0.241 e. The van der Waals surface area contributed by atoms with E-state index in [-0.39, 0.29) is 17.2 Å². The Hall–Kier alpha value is -2.25. The summed E-state index contributed by atoms with van der Waals surface area (Å²) in [7, 11) is -3.96. The molecule has 1 amide bonds. The van der Waals surface area contributed by atoms with Gasteiger partial charge in [-0.25, -0.2) is 12.8 Å². The number of nitrogens with one attached hydrogen (secondary N) is 2. The molecular formula is C19H23FN2O3S. The second kappa shape index (κ2) is 8.91. The molecule has 5 nitrogen and oxygen atoms in total. The van der Waals surface area contributed by atoms with E-state index >= 15 is 0 Å². The fourth-order valence-corrected chi connectivity index (χ4v) is 3.53. The third-order valence-electron chi connectivity index (χ3n) is 3.71. The minimum atomic E-state index is -3.96. The third-order valence-corrected chi connectivity index (χ3v) is 5.19. The number of sulfonamides is 1. The van der Waals surface area contributed by atoms with Crippen LogP contribution in [0.5, 0.6) is 0 Å². The highest BCUT2D eigenvalue weighted by Gasteiger charge is 2.26. The van der Waals surface area contributed by atoms with Crippen LogP contribution in [0.1, 0.15) is 19.4 Å². The molecule has 0 aliphatic heterocycles. The predicted octanol–water partition coefficient (Wildman–Crippen LogP) is 2.49. The maximum atomic E-state index is 13.0. The van der Waals surface area contributed by atoms with Gasteiger partial charge in [0.15, 0.2) is 0 Å². The smallest absolute Gasteiger partial charge is 0.241 e. The number of carbonyl (C=O) groups excluding carboxylic acids is 1. The Kier molecular flexibility index (Phi) is 6.88. The summed E-state index contributed by atoms with van der Waals surface area (Å²) in [5.41, 5.74) is 0.832. The van der Waals surface area contributed by atoms with Gasteiger partial charge in [0, 0.05) is 6.54 Å². The summed E-state index contributed by atoms with van der Waals surface area (Å²) in [4.78, 5) is 12.4. The number of rotatable bonds is 8. The van der Waals surface area contributed by atoms with Crippen LogP contribution in [0.25, 0.3) is 0 Å². The zero-order valence-electron chi connectivity index (χ0n) is 14.8. The minimum absolute atomic E-state index is 0.0892. The Morgan fingerprint density at radius 2 is 1.65 bits per heavy atom. The van der Waals surface area contributed by atoms with Crippen molar-refractivity contribution < 1.29 is 17.6 Å². The summed E-state index contributed by atoms with van der Waals surface area (Å²) in [6, 6.07) is 12.7. The van der Waals surface area contributed by atoms with E-state index in [9.17, 15) is 17.6 Å². The molecule has 0 aliphatic rings. The zero-order valence-corrected chi connectivity index (χ0v) is 15.6. The molecule has 0 heterocycles. The molecule has 0 radical (unpaired) electrons. The molecular weight excluding hydrogens is 355 g/mol. The van der Waals surface area contributed by atoms with E-state index in [1.165, 1.54) is 12.1 Å². The van der Waals surface area contributed by atoms with Gasteiger partial charge in [-0.3, -0.25) is 4.79 Å². The molecule has 0 aromatic heterocycles. The van der Waals surface area contributed by atoms with Gasteiger partial charge in [-0.15, -0.1) is 0 Å². The molecule has 2 aromatic rings. The molecule has 0 bridgehead atoms. The second-order valence-electron chi connectivity index (χ2n) is 6.46. The first-order valence-electron chi connectivity index (χ1n) is 8.37. The Labute approximate surface area is 153 Å². The molecule has 7 heteroatoms. The third kappa shape index (κ3) is 5.93. The van der Waals surface area contributed by atoms with Gasteiger partial charge in [0.1, 0.15) is 11.9 Å². The molecule has 140 valence electrons. The zero-order chi connectivity index (χ0) is 19.2. The lowest BCUT2D eigenvalue weighted by molar-refractivity contribution is -0.122. The number of hydrogen-bond acceptors (Lipinski definition) is 3. The Morgan fingerprint density at radius 3 is 2.23 bits per heavy atom. The number of carbonyl (C=O) groups is 1. The van der Waals surface area contributed by atoms with Crippen molar-refractivity contribution >= 4 is 15.9 Å². The maximum absolute atomic E-state index is 13.0. The van der Waals surface area contributed by atoms with Gasteiger partial charge in [-0.05, 0) is 42.2 Å². The SMILES string of the molecule is CC(C)CNC(=O)[C@H](Cc1ccccc1)NS(=O)(=O)c1ccc(F)cc1. The fraction of sp³-hybridized carbons (Fsp3) is 0.316. The monoisotopic (exact) mass is 378 g/mol. The number of halogens is 1. The average Bonchev–Trinajstić information content (AvgIpc) is 2.60. The molecule has 2 N–H and O–H groups in total. The van der Waals surface area contributed by atoms with Crippen LogP contribution in [0.15, 0.2) is 59.5 Å². The van der Waals surface area contributed by atoms with Crippen LogP contribution in [0.4, 0.5) is 4.39 Å². The molecule has 1 atom stereocenters. The molecule has 2 rings (SSSR count). The number of amides is 1. The normalized spacial score (nSPS) is 12.8. The first-order chi connectivity index (χ1) is 12.3. The molecule has 2 aromatic carbocycles. The summed E-state index contributed by atoms with van der Waals surface area (Å²) in [5.74, 6) is -0.683. The van der Waals surface area contributed by atoms with Gasteiger partial charge in [0.25, 0.3) is 0 Å². The van der Waals surface area contributed by atoms with Crippen molar-refractivity contribution in [1.82, 2.24) is 10.0 Å². The first-order valence-corrected chi connectivity index (χ1v) is 9.86. The van der Waals surface area contributed by atoms with Crippen molar-refractivity contribution in [2.75, 3.05) is 6.54 Å². The molecule has 0 spiro atoms. The van der Waals surface area contributed by atoms with E-state index in [0.717, 1.165) is 17.7 Å². The first kappa shape index (κ1) is 20.1. The topological polar surface area (TPSA) is 75.3 Å². The van der Waals surface area contributed by atoms with Crippen molar-refractivity contribution in [2.24, 2.45) is 5.92 Å². The highest BCUT2D eigenvalue weighted by molar-refractivity contribution is 7.89. The summed E-state index contributed by atoms with van der Waals surface area (Å²) in [5, 5.41) is 2.76. The largest absolute Gasteiger partial charge is 0.354 e. The van der Waals surface area contributed by atoms with Crippen LogP contribution in [0.3, 0.4) is 0 Å². The van der Waals surface area contributed by atoms with Crippen LogP contribution >= 0.6 is 0 Å². The molecule has 0 fully saturated rings. The quantitative estimate of drug-likeness (QED) is 0.741. The summed E-state index contributed by atoms with van der Waals surface area (Å²) in [6.07, 6.45) is 0.213. The standard InChI is InChI=1S/C19H23FN2O3S/c1-14(2)13-21-19(23)18(12-15-6-4-3-5-7-15)22-26(24,25)17-10-8-16(20)9-11-17/h3-11,14,18,22H,12-13H2,1-2H3,(H,21,23)/t18-/m0/s1. The van der Waals surface area contributed by atoms with Crippen LogP contribution in [0.2, 0.25) is 0 Å². The number of hydrogen-bond donors (Lipinski definition) is 2. The van der Waals surface area contributed by atoms with Crippen molar-refractivity contribution in [3.05, 3.63) is 66.0 Å². The summed E-state index contributed by atoms with van der Waals surface area (Å²) >= 11 is 0. The van der Waals surface area contributed by atoms with Crippen molar-refractivity contribution in [1.29, 1.82) is 0 Å². The van der Waals surface area contributed by atoms with E-state index in [4.69, 9.17) is 0 Å². The van der Waals surface area contributed by atoms with E-state index in [0.29, 0.717) is 6.54 Å². The Balaban J connectivity index is 2.21. The van der Waals surface area contributed by atoms with Gasteiger partial charge >= 0.3 is 0 Å². The minimum Gasteiger partial charge on any atom is -0.354 e. The van der Waals surface area contributed by atoms with Crippen LogP contribution in [-0.2, 0) is 21.2 Å². The van der Waals surface area contributed by atoms with Gasteiger partial charge in [0.2, 0.25) is 15.9 Å². The lowest BCUT2D eigenvalue weighted by atomic mass is 10.1. The summed E-state index contributed by atoms with van der Waals surface area (Å²) in [6.45, 7) is 4.35. The molecule has 0 aliphatic carbocycles. The van der Waals surface area contributed by atoms with Crippen molar-refractivity contribution in [3.63, 3.8) is 0 Å². The summed E-state index contributed by atoms with van der Waals surface area (Å²) < 4.78 is 40.6. The lowest BCUT2D eigenvalue weighted by Crippen LogP contribution is -2.48. The van der Waals surface area contributed by atoms with Gasteiger partial charge in [-0.2, -0.15) is 4.72 Å². The van der Waals surface area contributed by atoms with Gasteiger partial charge in [0.05, 0.1) is 4.90 Å². The van der Waals surface area contributed by atoms with Gasteiger partial charge < -0.3 is 5.32 Å². The van der Waals surface area contributed by atoms with E-state index in [2.05, 4.69) is 10.0 Å². The molecule has 0 saturated carbocycles. The van der Waals surface area contributed by atoms with Crippen LogP contribution in [-0.4, -0.2) is 26.9 Å². The molecule has 26 heavy (non-hydrogen) atoms. The Bertz CT molecular complexity index is 822. The lowest BCUT2D eigenvalue weighted by Gasteiger charge is -2.19. The Morgan fingerprint density at radius 1 is 1.04 bits per heavy atom. The van der Waals surface area contributed by atoms with E-state index in [1.54, 1.807) is 0 Å². The van der Waals surface area contributed by atoms with Crippen LogP contribution < -0.4 is 10.0 Å². The molecule has 0 saturated heterocycles. The van der Waals surface area contributed by atoms with E-state index < -0.39 is 27.8 Å². The highest BCUT2D eigenvalue weighted by atomic mass is 32.2. The predicted molar refractivity (Wildman–Crippen MR) is 98.5 cm³/mol. The fourth-order valence-electron chi connectivity index (χ4n) is 2.33. The van der Waals surface area contributed by atoms with Crippen LogP contribution in [0, 0.1) is 11.7 Å². The van der Waals surface area contributed by atoms with Crippen molar-refractivity contribution in [3.8, 4) is 0 Å².